The lowest BCUT2D eigenvalue weighted by Gasteiger charge is -2.04. The Labute approximate surface area is 68.2 Å². The molecule has 0 aromatic carbocycles. The fourth-order valence-corrected chi connectivity index (χ4v) is 0.692. The van der Waals surface area contributed by atoms with Gasteiger partial charge in [-0.1, -0.05) is 19.1 Å². The zero-order valence-electron chi connectivity index (χ0n) is 7.46. The molecule has 1 unspecified atom stereocenters. The van der Waals surface area contributed by atoms with Gasteiger partial charge in [0.05, 0.1) is 12.5 Å². The molecule has 11 heavy (non-hydrogen) atoms. The summed E-state index contributed by atoms with van der Waals surface area (Å²) >= 11 is 0. The molecule has 2 heteroatoms. The van der Waals surface area contributed by atoms with Crippen LogP contribution in [0.1, 0.15) is 27.2 Å². The second-order valence-corrected chi connectivity index (χ2v) is 2.38. The summed E-state index contributed by atoms with van der Waals surface area (Å²) in [6, 6.07) is 0. The minimum Gasteiger partial charge on any atom is -0.466 e. The normalized spacial score (nSPS) is 13.4. The van der Waals surface area contributed by atoms with Gasteiger partial charge in [0.1, 0.15) is 0 Å². The third-order valence-corrected chi connectivity index (χ3v) is 1.32. The lowest BCUT2D eigenvalue weighted by molar-refractivity contribution is -0.145. The molecule has 0 heterocycles. The van der Waals surface area contributed by atoms with Crippen LogP contribution in [0.5, 0.6) is 0 Å². The maximum atomic E-state index is 11.0. The van der Waals surface area contributed by atoms with Crippen LogP contribution in [0.4, 0.5) is 0 Å². The van der Waals surface area contributed by atoms with Crippen LogP contribution in [-0.4, -0.2) is 12.6 Å². The SMILES string of the molecule is CCC=CC(C)C(=O)OCC. The molecule has 64 valence electrons. The smallest absolute Gasteiger partial charge is 0.312 e. The van der Waals surface area contributed by atoms with E-state index >= 15 is 0 Å². The average molecular weight is 156 g/mol. The van der Waals surface area contributed by atoms with Gasteiger partial charge in [-0.25, -0.2) is 0 Å². The number of carbonyl (C=O) groups is 1. The van der Waals surface area contributed by atoms with E-state index in [1.165, 1.54) is 0 Å². The van der Waals surface area contributed by atoms with Crippen LogP contribution in [0.3, 0.4) is 0 Å². The molecule has 0 aromatic heterocycles. The van der Waals surface area contributed by atoms with E-state index in [2.05, 4.69) is 0 Å². The van der Waals surface area contributed by atoms with Crippen molar-refractivity contribution in [3.8, 4) is 0 Å². The van der Waals surface area contributed by atoms with E-state index in [0.29, 0.717) is 6.61 Å². The Morgan fingerprint density at radius 2 is 2.18 bits per heavy atom. The number of esters is 1. The average Bonchev–Trinajstić information content (AvgIpc) is 2.00. The first-order chi connectivity index (χ1) is 5.22. The Bertz CT molecular complexity index is 138. The highest BCUT2D eigenvalue weighted by molar-refractivity contribution is 5.73. The van der Waals surface area contributed by atoms with Crippen molar-refractivity contribution in [1.82, 2.24) is 0 Å². The van der Waals surface area contributed by atoms with E-state index in [0.717, 1.165) is 6.42 Å². The van der Waals surface area contributed by atoms with Crippen molar-refractivity contribution in [3.63, 3.8) is 0 Å². The standard InChI is InChI=1S/C9H16O2/c1-4-6-7-8(3)9(10)11-5-2/h6-8H,4-5H2,1-3H3. The predicted molar refractivity (Wildman–Crippen MR) is 45.2 cm³/mol. The summed E-state index contributed by atoms with van der Waals surface area (Å²) in [6.45, 7) is 6.15. The zero-order chi connectivity index (χ0) is 8.69. The molecule has 0 radical (unpaired) electrons. The lowest BCUT2D eigenvalue weighted by Crippen LogP contribution is -2.12. The Kier molecular flexibility index (Phi) is 5.53. The van der Waals surface area contributed by atoms with Crippen molar-refractivity contribution < 1.29 is 9.53 Å². The topological polar surface area (TPSA) is 26.3 Å². The molecule has 0 aliphatic carbocycles. The maximum absolute atomic E-state index is 11.0. The molecule has 0 rings (SSSR count). The van der Waals surface area contributed by atoms with Gasteiger partial charge in [0.2, 0.25) is 0 Å². The fraction of sp³-hybridized carbons (Fsp3) is 0.667. The molecule has 0 saturated carbocycles. The number of ether oxygens (including phenoxy) is 1. The van der Waals surface area contributed by atoms with Gasteiger partial charge >= 0.3 is 5.97 Å². The van der Waals surface area contributed by atoms with E-state index in [1.807, 2.05) is 32.9 Å². The third kappa shape index (κ3) is 4.59. The van der Waals surface area contributed by atoms with Gasteiger partial charge in [-0.3, -0.25) is 4.79 Å². The number of rotatable bonds is 4. The Balaban J connectivity index is 3.72. The van der Waals surface area contributed by atoms with Gasteiger partial charge < -0.3 is 4.74 Å². The van der Waals surface area contributed by atoms with Crippen LogP contribution in [0, 0.1) is 5.92 Å². The number of hydrogen-bond donors (Lipinski definition) is 0. The Morgan fingerprint density at radius 3 is 2.64 bits per heavy atom. The van der Waals surface area contributed by atoms with Crippen LogP contribution in [0.15, 0.2) is 12.2 Å². The van der Waals surface area contributed by atoms with E-state index in [1.54, 1.807) is 0 Å². The second-order valence-electron chi connectivity index (χ2n) is 2.38. The van der Waals surface area contributed by atoms with Gasteiger partial charge in [-0.15, -0.1) is 0 Å². The van der Waals surface area contributed by atoms with Crippen LogP contribution < -0.4 is 0 Å². The van der Waals surface area contributed by atoms with Crippen molar-refractivity contribution in [2.75, 3.05) is 6.61 Å². The van der Waals surface area contributed by atoms with Gasteiger partial charge in [-0.05, 0) is 20.3 Å². The molecule has 2 nitrogen and oxygen atoms in total. The fourth-order valence-electron chi connectivity index (χ4n) is 0.692. The molecular formula is C9H16O2. The summed E-state index contributed by atoms with van der Waals surface area (Å²) in [5.41, 5.74) is 0. The third-order valence-electron chi connectivity index (χ3n) is 1.32. The Morgan fingerprint density at radius 1 is 1.55 bits per heavy atom. The van der Waals surface area contributed by atoms with Crippen molar-refractivity contribution in [3.05, 3.63) is 12.2 Å². The van der Waals surface area contributed by atoms with Crippen molar-refractivity contribution in [2.24, 2.45) is 5.92 Å². The molecule has 0 aliphatic rings. The van der Waals surface area contributed by atoms with Gasteiger partial charge in [0.15, 0.2) is 0 Å². The number of hydrogen-bond acceptors (Lipinski definition) is 2. The molecule has 0 aromatic rings. The summed E-state index contributed by atoms with van der Waals surface area (Å²) < 4.78 is 4.81. The quantitative estimate of drug-likeness (QED) is 0.460. The van der Waals surface area contributed by atoms with E-state index < -0.39 is 0 Å². The van der Waals surface area contributed by atoms with Crippen molar-refractivity contribution >= 4 is 5.97 Å². The molecule has 1 atom stereocenters. The molecule has 0 spiro atoms. The van der Waals surface area contributed by atoms with Gasteiger partial charge in [0, 0.05) is 0 Å². The number of carbonyl (C=O) groups excluding carboxylic acids is 1. The van der Waals surface area contributed by atoms with E-state index in [4.69, 9.17) is 4.74 Å². The molecule has 0 N–H and O–H groups in total. The van der Waals surface area contributed by atoms with Crippen LogP contribution in [-0.2, 0) is 9.53 Å². The van der Waals surface area contributed by atoms with Crippen LogP contribution >= 0.6 is 0 Å². The summed E-state index contributed by atoms with van der Waals surface area (Å²) in [4.78, 5) is 11.0. The maximum Gasteiger partial charge on any atom is 0.312 e. The second kappa shape index (κ2) is 5.96. The highest BCUT2D eigenvalue weighted by atomic mass is 16.5. The zero-order valence-corrected chi connectivity index (χ0v) is 7.46. The van der Waals surface area contributed by atoms with Gasteiger partial charge in [0.25, 0.3) is 0 Å². The summed E-state index contributed by atoms with van der Waals surface area (Å²) in [7, 11) is 0. The van der Waals surface area contributed by atoms with E-state index in [9.17, 15) is 4.79 Å². The minimum absolute atomic E-state index is 0.102. The first kappa shape index (κ1) is 10.2. The highest BCUT2D eigenvalue weighted by Crippen LogP contribution is 2.00. The molecule has 0 saturated heterocycles. The van der Waals surface area contributed by atoms with E-state index in [-0.39, 0.29) is 11.9 Å². The summed E-state index contributed by atoms with van der Waals surface area (Å²) in [6.07, 6.45) is 4.81. The first-order valence-corrected chi connectivity index (χ1v) is 4.05. The molecule has 0 bridgehead atoms. The molecule has 0 aliphatic heterocycles. The Hall–Kier alpha value is -0.790. The minimum atomic E-state index is -0.141. The molecule has 0 fully saturated rings. The highest BCUT2D eigenvalue weighted by Gasteiger charge is 2.08. The summed E-state index contributed by atoms with van der Waals surface area (Å²) in [5, 5.41) is 0. The number of allylic oxidation sites excluding steroid dienone is 1. The molecule has 0 amide bonds. The monoisotopic (exact) mass is 156 g/mol. The largest absolute Gasteiger partial charge is 0.466 e. The lowest BCUT2D eigenvalue weighted by atomic mass is 10.1. The van der Waals surface area contributed by atoms with Crippen LogP contribution in [0.2, 0.25) is 0 Å². The van der Waals surface area contributed by atoms with Crippen LogP contribution in [0.25, 0.3) is 0 Å². The summed E-state index contributed by atoms with van der Waals surface area (Å²) in [5.74, 6) is -0.243. The van der Waals surface area contributed by atoms with Crippen molar-refractivity contribution in [2.45, 2.75) is 27.2 Å². The first-order valence-electron chi connectivity index (χ1n) is 4.05. The van der Waals surface area contributed by atoms with Crippen molar-refractivity contribution in [1.29, 1.82) is 0 Å². The molecular weight excluding hydrogens is 140 g/mol. The predicted octanol–water partition coefficient (Wildman–Crippen LogP) is 2.15. The van der Waals surface area contributed by atoms with Gasteiger partial charge in [-0.2, -0.15) is 0 Å².